The molecule has 0 rings (SSSR count). The van der Waals surface area contributed by atoms with Crippen LogP contribution >= 0.6 is 0 Å². The number of esters is 1. The number of unbranched alkanes of at least 4 members (excludes halogenated alkanes) is 56. The van der Waals surface area contributed by atoms with E-state index in [2.05, 4.69) is 19.2 Å². The molecule has 0 aromatic rings. The average molecular weight is 1070 g/mol. The van der Waals surface area contributed by atoms with Crippen LogP contribution in [-0.2, 0) is 14.3 Å². The van der Waals surface area contributed by atoms with Crippen LogP contribution in [0.15, 0.2) is 0 Å². The minimum atomic E-state index is -0.660. The SMILES string of the molecule is CCCCCCCCCCCCCCCCCCCC(=O)OCCCCCCCCCCCCCCCCCCCCCCCCCCCCCCCC(=O)NC(CO)C(O)CCCCCCCCCCCCCCC. The van der Waals surface area contributed by atoms with Crippen molar-refractivity contribution in [2.45, 2.75) is 424 Å². The number of carbonyl (C=O) groups is 2. The lowest BCUT2D eigenvalue weighted by Gasteiger charge is -2.22. The van der Waals surface area contributed by atoms with E-state index >= 15 is 0 Å². The minimum absolute atomic E-state index is 0.0246. The molecule has 2 atom stereocenters. The van der Waals surface area contributed by atoms with E-state index in [-0.39, 0.29) is 18.5 Å². The normalized spacial score (nSPS) is 12.4. The molecule has 0 spiro atoms. The number of nitrogens with one attached hydrogen (secondary N) is 1. The monoisotopic (exact) mass is 1070 g/mol. The van der Waals surface area contributed by atoms with Crippen LogP contribution < -0.4 is 5.32 Å². The highest BCUT2D eigenvalue weighted by molar-refractivity contribution is 5.76. The molecule has 0 aromatic carbocycles. The molecule has 2 unspecified atom stereocenters. The Labute approximate surface area is 476 Å². The smallest absolute Gasteiger partial charge is 0.305 e. The van der Waals surface area contributed by atoms with Gasteiger partial charge in [0.05, 0.1) is 25.4 Å². The zero-order valence-electron chi connectivity index (χ0n) is 52.0. The second-order valence-electron chi connectivity index (χ2n) is 24.6. The van der Waals surface area contributed by atoms with Crippen molar-refractivity contribution in [1.82, 2.24) is 5.32 Å². The molecule has 454 valence electrons. The molecule has 0 saturated carbocycles. The third-order valence-corrected chi connectivity index (χ3v) is 16.9. The third kappa shape index (κ3) is 62.1. The van der Waals surface area contributed by atoms with E-state index in [4.69, 9.17) is 4.74 Å². The molecule has 0 aliphatic heterocycles. The summed E-state index contributed by atoms with van der Waals surface area (Å²) in [5, 5.41) is 23.3. The molecule has 0 radical (unpaired) electrons. The highest BCUT2D eigenvalue weighted by Gasteiger charge is 2.20. The van der Waals surface area contributed by atoms with Gasteiger partial charge in [-0.2, -0.15) is 0 Å². The molecule has 0 saturated heterocycles. The molecule has 1 amide bonds. The van der Waals surface area contributed by atoms with Gasteiger partial charge < -0.3 is 20.3 Å². The van der Waals surface area contributed by atoms with Gasteiger partial charge in [-0.15, -0.1) is 0 Å². The Bertz CT molecular complexity index is 1100. The molecule has 0 fully saturated rings. The van der Waals surface area contributed by atoms with Crippen LogP contribution in [0.5, 0.6) is 0 Å². The van der Waals surface area contributed by atoms with Gasteiger partial charge in [-0.05, 0) is 25.7 Å². The molecule has 6 heteroatoms. The number of hydrogen-bond acceptors (Lipinski definition) is 5. The summed E-state index contributed by atoms with van der Waals surface area (Å²) in [5.41, 5.74) is 0. The van der Waals surface area contributed by atoms with E-state index in [9.17, 15) is 19.8 Å². The Kier molecular flexibility index (Phi) is 65.4. The second-order valence-corrected chi connectivity index (χ2v) is 24.6. The molecule has 0 bridgehead atoms. The van der Waals surface area contributed by atoms with Crippen molar-refractivity contribution in [3.05, 3.63) is 0 Å². The topological polar surface area (TPSA) is 95.9 Å². The zero-order chi connectivity index (χ0) is 55.0. The number of rotatable bonds is 67. The summed E-state index contributed by atoms with van der Waals surface area (Å²) < 4.78 is 5.51. The van der Waals surface area contributed by atoms with E-state index in [0.29, 0.717) is 25.9 Å². The highest BCUT2D eigenvalue weighted by atomic mass is 16.5. The number of hydrogen-bond donors (Lipinski definition) is 3. The minimum Gasteiger partial charge on any atom is -0.466 e. The van der Waals surface area contributed by atoms with Gasteiger partial charge in [0.15, 0.2) is 0 Å². The van der Waals surface area contributed by atoms with Gasteiger partial charge >= 0.3 is 5.97 Å². The van der Waals surface area contributed by atoms with Crippen LogP contribution in [-0.4, -0.2) is 47.4 Å². The van der Waals surface area contributed by atoms with Crippen molar-refractivity contribution in [2.75, 3.05) is 13.2 Å². The average Bonchev–Trinajstić information content (AvgIpc) is 3.42. The van der Waals surface area contributed by atoms with Crippen LogP contribution in [0.1, 0.15) is 412 Å². The maximum atomic E-state index is 12.5. The lowest BCUT2D eigenvalue weighted by Crippen LogP contribution is -2.45. The Morgan fingerprint density at radius 2 is 0.539 bits per heavy atom. The summed E-state index contributed by atoms with van der Waals surface area (Å²) in [6, 6.07) is -0.537. The number of aliphatic hydroxyl groups excluding tert-OH is 2. The molecule has 76 heavy (non-hydrogen) atoms. The van der Waals surface area contributed by atoms with E-state index in [1.807, 2.05) is 0 Å². The van der Waals surface area contributed by atoms with E-state index in [1.54, 1.807) is 0 Å². The maximum absolute atomic E-state index is 12.5. The number of ether oxygens (including phenoxy) is 1. The Balaban J connectivity index is 3.30. The fourth-order valence-electron chi connectivity index (χ4n) is 11.5. The number of amides is 1. The molecule has 0 aromatic heterocycles. The van der Waals surface area contributed by atoms with E-state index in [0.717, 1.165) is 38.5 Å². The molecular weight excluding hydrogens is 935 g/mol. The van der Waals surface area contributed by atoms with Crippen LogP contribution in [0.3, 0.4) is 0 Å². The summed E-state index contributed by atoms with van der Waals surface area (Å²) in [4.78, 5) is 24.6. The lowest BCUT2D eigenvalue weighted by molar-refractivity contribution is -0.143. The van der Waals surface area contributed by atoms with E-state index in [1.165, 1.54) is 340 Å². The number of carbonyl (C=O) groups excluding carboxylic acids is 2. The van der Waals surface area contributed by atoms with Gasteiger partial charge in [-0.3, -0.25) is 9.59 Å². The molecule has 0 aliphatic rings. The standard InChI is InChI=1S/C70H139NO5/c1-3-5-7-9-11-13-15-17-18-32-36-40-44-48-52-56-60-64-70(75)76-65-61-57-53-49-45-41-37-34-31-29-27-25-23-21-19-20-22-24-26-28-30-33-35-39-43-47-51-55-59-63-69(74)71-67(66-72)68(73)62-58-54-50-46-42-38-16-14-12-10-8-6-4-2/h67-68,72-73H,3-66H2,1-2H3,(H,71,74). The summed E-state index contributed by atoms with van der Waals surface area (Å²) >= 11 is 0. The Morgan fingerprint density at radius 3 is 0.803 bits per heavy atom. The zero-order valence-corrected chi connectivity index (χ0v) is 52.0. The fraction of sp³-hybridized carbons (Fsp3) is 0.971. The van der Waals surface area contributed by atoms with E-state index < -0.39 is 12.1 Å². The van der Waals surface area contributed by atoms with Gasteiger partial charge in [0.2, 0.25) is 5.91 Å². The first-order chi connectivity index (χ1) is 37.5. The predicted octanol–water partition coefficient (Wildman–Crippen LogP) is 22.6. The van der Waals surface area contributed by atoms with Crippen molar-refractivity contribution >= 4 is 11.9 Å². The Morgan fingerprint density at radius 1 is 0.316 bits per heavy atom. The molecule has 0 aliphatic carbocycles. The molecular formula is C70H139NO5. The lowest BCUT2D eigenvalue weighted by atomic mass is 10.0. The summed E-state index contributed by atoms with van der Waals surface area (Å²) in [7, 11) is 0. The van der Waals surface area contributed by atoms with Gasteiger partial charge in [0, 0.05) is 12.8 Å². The summed E-state index contributed by atoms with van der Waals surface area (Å²) in [6.07, 6.45) is 80.2. The van der Waals surface area contributed by atoms with Gasteiger partial charge in [0.25, 0.3) is 0 Å². The van der Waals surface area contributed by atoms with Crippen LogP contribution in [0, 0.1) is 0 Å². The van der Waals surface area contributed by atoms with Gasteiger partial charge in [-0.25, -0.2) is 0 Å². The second kappa shape index (κ2) is 66.4. The van der Waals surface area contributed by atoms with Crippen molar-refractivity contribution in [3.63, 3.8) is 0 Å². The molecule has 6 nitrogen and oxygen atoms in total. The predicted molar refractivity (Wildman–Crippen MR) is 334 cm³/mol. The summed E-state index contributed by atoms with van der Waals surface area (Å²) in [6.45, 7) is 5.00. The van der Waals surface area contributed by atoms with Gasteiger partial charge in [-0.1, -0.05) is 373 Å². The van der Waals surface area contributed by atoms with Crippen molar-refractivity contribution in [3.8, 4) is 0 Å². The van der Waals surface area contributed by atoms with Crippen LogP contribution in [0.25, 0.3) is 0 Å². The van der Waals surface area contributed by atoms with Crippen LogP contribution in [0.2, 0.25) is 0 Å². The molecule has 0 heterocycles. The quantitative estimate of drug-likeness (QED) is 0.0417. The summed E-state index contributed by atoms with van der Waals surface area (Å²) in [5.74, 6) is -0.00393. The maximum Gasteiger partial charge on any atom is 0.305 e. The Hall–Kier alpha value is -1.14. The van der Waals surface area contributed by atoms with Crippen molar-refractivity contribution in [1.29, 1.82) is 0 Å². The van der Waals surface area contributed by atoms with Crippen molar-refractivity contribution < 1.29 is 24.5 Å². The number of aliphatic hydroxyl groups is 2. The van der Waals surface area contributed by atoms with Crippen molar-refractivity contribution in [2.24, 2.45) is 0 Å². The molecule has 3 N–H and O–H groups in total. The first kappa shape index (κ1) is 74.9. The van der Waals surface area contributed by atoms with Crippen LogP contribution in [0.4, 0.5) is 0 Å². The first-order valence-electron chi connectivity index (χ1n) is 35.3. The fourth-order valence-corrected chi connectivity index (χ4v) is 11.5. The van der Waals surface area contributed by atoms with Gasteiger partial charge in [0.1, 0.15) is 0 Å². The first-order valence-corrected chi connectivity index (χ1v) is 35.3. The highest BCUT2D eigenvalue weighted by Crippen LogP contribution is 2.20. The largest absolute Gasteiger partial charge is 0.466 e. The third-order valence-electron chi connectivity index (χ3n) is 16.9.